The first kappa shape index (κ1) is 20.8. The van der Waals surface area contributed by atoms with E-state index in [2.05, 4.69) is 34.1 Å². The van der Waals surface area contributed by atoms with Crippen LogP contribution in [0.25, 0.3) is 22.0 Å². The van der Waals surface area contributed by atoms with E-state index >= 15 is 0 Å². The zero-order valence-corrected chi connectivity index (χ0v) is 17.6. The number of piperidine rings is 1. The van der Waals surface area contributed by atoms with Gasteiger partial charge < -0.3 is 15.5 Å². The number of fused-ring (bicyclic) bond motifs is 1. The first-order valence-electron chi connectivity index (χ1n) is 10.5. The van der Waals surface area contributed by atoms with Crippen LogP contribution in [0, 0.1) is 5.92 Å². The van der Waals surface area contributed by atoms with Crippen molar-refractivity contribution in [2.24, 2.45) is 5.92 Å². The van der Waals surface area contributed by atoms with Crippen LogP contribution in [0.5, 0.6) is 0 Å². The molecule has 0 radical (unpaired) electrons. The number of nitrogens with one attached hydrogen (secondary N) is 2. The van der Waals surface area contributed by atoms with Gasteiger partial charge in [0.2, 0.25) is 11.8 Å². The van der Waals surface area contributed by atoms with Crippen molar-refractivity contribution in [3.8, 4) is 11.1 Å². The Labute approximate surface area is 182 Å². The van der Waals surface area contributed by atoms with Gasteiger partial charge in [-0.05, 0) is 74.0 Å². The first-order valence-corrected chi connectivity index (χ1v) is 10.5. The van der Waals surface area contributed by atoms with Crippen molar-refractivity contribution >= 4 is 34.1 Å². The van der Waals surface area contributed by atoms with Crippen LogP contribution in [0.15, 0.2) is 67.4 Å². The van der Waals surface area contributed by atoms with Crippen molar-refractivity contribution in [3.63, 3.8) is 0 Å². The van der Waals surface area contributed by atoms with Crippen LogP contribution in [-0.4, -0.2) is 41.8 Å². The molecule has 6 heteroatoms. The Morgan fingerprint density at radius 2 is 1.97 bits per heavy atom. The minimum absolute atomic E-state index is 0.00435. The third-order valence-electron chi connectivity index (χ3n) is 5.64. The van der Waals surface area contributed by atoms with Gasteiger partial charge in [0.1, 0.15) is 0 Å². The van der Waals surface area contributed by atoms with Gasteiger partial charge in [-0.1, -0.05) is 24.8 Å². The van der Waals surface area contributed by atoms with Gasteiger partial charge in [0.05, 0.1) is 17.1 Å². The van der Waals surface area contributed by atoms with Gasteiger partial charge in [-0.15, -0.1) is 0 Å². The second-order valence-electron chi connectivity index (χ2n) is 7.96. The number of anilines is 2. The van der Waals surface area contributed by atoms with Crippen LogP contribution in [0.2, 0.25) is 0 Å². The highest BCUT2D eigenvalue weighted by Crippen LogP contribution is 2.30. The largest absolute Gasteiger partial charge is 0.325 e. The molecule has 1 saturated heterocycles. The number of benzene rings is 2. The molecule has 1 unspecified atom stereocenters. The molecule has 0 bridgehead atoms. The maximum absolute atomic E-state index is 12.9. The van der Waals surface area contributed by atoms with Gasteiger partial charge in [-0.2, -0.15) is 0 Å². The van der Waals surface area contributed by atoms with Crippen molar-refractivity contribution in [1.82, 2.24) is 9.88 Å². The summed E-state index contributed by atoms with van der Waals surface area (Å²) in [6.07, 6.45) is 4.91. The minimum atomic E-state index is -0.252. The summed E-state index contributed by atoms with van der Waals surface area (Å²) in [5.74, 6) is -0.202. The predicted octanol–water partition coefficient (Wildman–Crippen LogP) is 4.31. The Balaban J connectivity index is 1.63. The summed E-state index contributed by atoms with van der Waals surface area (Å²) in [7, 11) is 2.05. The average Bonchev–Trinajstić information content (AvgIpc) is 2.79. The maximum atomic E-state index is 12.9. The number of nitrogens with zero attached hydrogens (tertiary/aromatic N) is 2. The van der Waals surface area contributed by atoms with Crippen LogP contribution in [0.1, 0.15) is 12.8 Å². The van der Waals surface area contributed by atoms with Crippen molar-refractivity contribution < 1.29 is 9.59 Å². The molecule has 2 amide bonds. The Morgan fingerprint density at radius 1 is 1.13 bits per heavy atom. The molecule has 3 aromatic rings. The second-order valence-corrected chi connectivity index (χ2v) is 7.96. The van der Waals surface area contributed by atoms with Crippen molar-refractivity contribution in [3.05, 3.63) is 67.4 Å². The van der Waals surface area contributed by atoms with E-state index in [0.29, 0.717) is 5.69 Å². The number of pyridine rings is 1. The van der Waals surface area contributed by atoms with Crippen LogP contribution in [-0.2, 0) is 9.59 Å². The number of amides is 2. The zero-order chi connectivity index (χ0) is 21.8. The summed E-state index contributed by atoms with van der Waals surface area (Å²) in [4.78, 5) is 31.2. The highest BCUT2D eigenvalue weighted by atomic mass is 16.2. The number of aromatic nitrogens is 1. The van der Waals surface area contributed by atoms with Crippen LogP contribution >= 0.6 is 0 Å². The Bertz CT molecular complexity index is 1140. The smallest absolute Gasteiger partial charge is 0.247 e. The van der Waals surface area contributed by atoms with Crippen LogP contribution in [0.4, 0.5) is 11.4 Å². The molecule has 0 aliphatic carbocycles. The van der Waals surface area contributed by atoms with Crippen molar-refractivity contribution in [2.45, 2.75) is 12.8 Å². The Hall–Kier alpha value is -3.51. The van der Waals surface area contributed by atoms with Gasteiger partial charge in [0, 0.05) is 23.8 Å². The molecule has 0 saturated carbocycles. The quantitative estimate of drug-likeness (QED) is 0.610. The lowest BCUT2D eigenvalue weighted by Crippen LogP contribution is -2.38. The lowest BCUT2D eigenvalue weighted by molar-refractivity contribution is -0.121. The number of rotatable bonds is 5. The summed E-state index contributed by atoms with van der Waals surface area (Å²) < 4.78 is 0. The highest BCUT2D eigenvalue weighted by molar-refractivity contribution is 6.03. The second kappa shape index (κ2) is 9.10. The molecule has 2 N–H and O–H groups in total. The molecular weight excluding hydrogens is 388 g/mol. The summed E-state index contributed by atoms with van der Waals surface area (Å²) in [6.45, 7) is 5.31. The number of carbonyl (C=O) groups is 2. The molecule has 158 valence electrons. The summed E-state index contributed by atoms with van der Waals surface area (Å²) in [5, 5.41) is 6.80. The maximum Gasteiger partial charge on any atom is 0.247 e. The van der Waals surface area contributed by atoms with E-state index in [1.54, 1.807) is 6.20 Å². The number of likely N-dealkylation sites (tertiary alicyclic amines) is 1. The van der Waals surface area contributed by atoms with E-state index in [-0.39, 0.29) is 17.7 Å². The minimum Gasteiger partial charge on any atom is -0.325 e. The number of carbonyl (C=O) groups excluding carboxylic acids is 2. The molecule has 0 spiro atoms. The van der Waals surface area contributed by atoms with Crippen molar-refractivity contribution in [2.75, 3.05) is 30.8 Å². The lowest BCUT2D eigenvalue weighted by atomic mass is 9.97. The fourth-order valence-corrected chi connectivity index (χ4v) is 4.02. The van der Waals surface area contributed by atoms with Gasteiger partial charge >= 0.3 is 0 Å². The van der Waals surface area contributed by atoms with E-state index in [1.165, 1.54) is 6.08 Å². The SMILES string of the molecule is C=CC(=O)Nc1cccc(-c2ccc3nccc(NC(=O)C4CCCN(C)C4)c3c2)c1. The summed E-state index contributed by atoms with van der Waals surface area (Å²) in [6, 6.07) is 15.4. The van der Waals surface area contributed by atoms with Crippen molar-refractivity contribution in [1.29, 1.82) is 0 Å². The van der Waals surface area contributed by atoms with Crippen LogP contribution < -0.4 is 10.6 Å². The highest BCUT2D eigenvalue weighted by Gasteiger charge is 2.24. The van der Waals surface area contributed by atoms with E-state index in [4.69, 9.17) is 0 Å². The average molecular weight is 415 g/mol. The van der Waals surface area contributed by atoms with Gasteiger partial charge in [-0.25, -0.2) is 0 Å². The van der Waals surface area contributed by atoms with Gasteiger partial charge in [0.25, 0.3) is 0 Å². The first-order chi connectivity index (χ1) is 15.0. The molecule has 2 heterocycles. The normalized spacial score (nSPS) is 16.6. The van der Waals surface area contributed by atoms with E-state index < -0.39 is 0 Å². The van der Waals surface area contributed by atoms with Gasteiger partial charge in [0.15, 0.2) is 0 Å². The molecule has 6 nitrogen and oxygen atoms in total. The lowest BCUT2D eigenvalue weighted by Gasteiger charge is -2.28. The fraction of sp³-hybridized carbons (Fsp3) is 0.240. The molecule has 31 heavy (non-hydrogen) atoms. The summed E-state index contributed by atoms with van der Waals surface area (Å²) in [5.41, 5.74) is 4.21. The van der Waals surface area contributed by atoms with E-state index in [0.717, 1.165) is 53.6 Å². The fourth-order valence-electron chi connectivity index (χ4n) is 4.02. The van der Waals surface area contributed by atoms with E-state index in [1.807, 2.05) is 48.5 Å². The Morgan fingerprint density at radius 3 is 2.77 bits per heavy atom. The molecule has 1 atom stereocenters. The monoisotopic (exact) mass is 414 g/mol. The zero-order valence-electron chi connectivity index (χ0n) is 17.6. The molecule has 4 rings (SSSR count). The number of hydrogen-bond acceptors (Lipinski definition) is 4. The standard InChI is InChI=1S/C25H26N4O2/c1-3-24(30)27-20-8-4-6-17(14-20)18-9-10-22-21(15-18)23(11-12-26-22)28-25(31)19-7-5-13-29(2)16-19/h3-4,6,8-12,14-15,19H,1,5,7,13,16H2,2H3,(H,27,30)(H,26,28,31). The van der Waals surface area contributed by atoms with E-state index in [9.17, 15) is 9.59 Å². The third kappa shape index (κ3) is 4.81. The topological polar surface area (TPSA) is 74.3 Å². The molecule has 1 aromatic heterocycles. The number of hydrogen-bond donors (Lipinski definition) is 2. The molecule has 1 aliphatic heterocycles. The molecular formula is C25H26N4O2. The predicted molar refractivity (Wildman–Crippen MR) is 125 cm³/mol. The molecule has 1 fully saturated rings. The third-order valence-corrected chi connectivity index (χ3v) is 5.64. The Kier molecular flexibility index (Phi) is 6.09. The summed E-state index contributed by atoms with van der Waals surface area (Å²) >= 11 is 0. The van der Waals surface area contributed by atoms with Crippen LogP contribution in [0.3, 0.4) is 0 Å². The van der Waals surface area contributed by atoms with Gasteiger partial charge in [-0.3, -0.25) is 14.6 Å². The molecule has 1 aliphatic rings. The molecule has 2 aromatic carbocycles.